The maximum Gasteiger partial charge on any atom is 0.490 e. The number of fused-ring (bicyclic) bond motifs is 1. The highest BCUT2D eigenvalue weighted by atomic mass is 35.5. The number of aryl methyl sites for hydroxylation is 2. The Labute approximate surface area is 247 Å². The third-order valence-electron chi connectivity index (χ3n) is 7.39. The molecule has 2 aliphatic heterocycles. The Hall–Kier alpha value is -3.69. The number of carbonyl (C=O) groups is 1. The first-order valence-corrected chi connectivity index (χ1v) is 14.1. The maximum atomic E-state index is 10.6. The second-order valence-corrected chi connectivity index (χ2v) is 11.6. The number of alkyl halides is 3. The van der Waals surface area contributed by atoms with Gasteiger partial charge in [0.2, 0.25) is 0 Å². The standard InChI is InChI=1S/C24H26ClN9S.C2HF3O2/c1-15-11-16(2)34(31-15)23-21(25)18(4-7-27-23)35-20-13-28-19(12-29-20)32-9-5-24(6-10-32)14-33-17(22(24)26)3-8-30-33;3-2(4,5)1(6)7/h3-4,7-8,11-13,22H,5-6,9-10,14,26H2,1-2H3;(H,6,7)/t22-;/m1./s1. The van der Waals surface area contributed by atoms with Crippen molar-refractivity contribution in [3.63, 3.8) is 0 Å². The number of piperidine rings is 1. The number of carboxylic acid groups (broad SMARTS) is 1. The van der Waals surface area contributed by atoms with Gasteiger partial charge in [-0.05, 0) is 44.9 Å². The molecule has 0 bridgehead atoms. The van der Waals surface area contributed by atoms with Gasteiger partial charge in [-0.15, -0.1) is 0 Å². The summed E-state index contributed by atoms with van der Waals surface area (Å²) in [6.45, 7) is 6.65. The normalized spacial score (nSPS) is 17.6. The smallest absolute Gasteiger partial charge is 0.475 e. The van der Waals surface area contributed by atoms with E-state index in [1.165, 1.54) is 11.8 Å². The Morgan fingerprint density at radius 3 is 2.43 bits per heavy atom. The van der Waals surface area contributed by atoms with Crippen LogP contribution < -0.4 is 10.6 Å². The second kappa shape index (κ2) is 11.5. The molecule has 1 atom stereocenters. The maximum absolute atomic E-state index is 10.6. The van der Waals surface area contributed by atoms with Gasteiger partial charge in [-0.3, -0.25) is 4.68 Å². The molecule has 4 aromatic rings. The molecule has 0 aromatic carbocycles. The lowest BCUT2D eigenvalue weighted by Gasteiger charge is -2.41. The lowest BCUT2D eigenvalue weighted by molar-refractivity contribution is -0.192. The summed E-state index contributed by atoms with van der Waals surface area (Å²) in [7, 11) is 0. The van der Waals surface area contributed by atoms with Gasteiger partial charge in [0.15, 0.2) is 5.82 Å². The number of halogens is 4. The van der Waals surface area contributed by atoms with Crippen molar-refractivity contribution in [3.05, 3.63) is 65.1 Å². The van der Waals surface area contributed by atoms with Gasteiger partial charge in [-0.1, -0.05) is 23.4 Å². The SMILES string of the molecule is Cc1cc(C)n(-c2nccc(Sc3cnc(N4CCC5(CC4)Cn4nccc4[C@H]5N)cn3)c2Cl)n1.O=C(O)C(F)(F)F. The highest BCUT2D eigenvalue weighted by Crippen LogP contribution is 2.48. The Morgan fingerprint density at radius 1 is 1.14 bits per heavy atom. The molecule has 1 saturated heterocycles. The summed E-state index contributed by atoms with van der Waals surface area (Å²) in [6, 6.07) is 5.97. The van der Waals surface area contributed by atoms with Crippen molar-refractivity contribution in [1.82, 2.24) is 34.5 Å². The number of nitrogens with zero attached hydrogens (tertiary/aromatic N) is 8. The first-order chi connectivity index (χ1) is 19.9. The Bertz CT molecular complexity index is 1580. The minimum atomic E-state index is -5.08. The van der Waals surface area contributed by atoms with Gasteiger partial charge in [0.1, 0.15) is 10.8 Å². The van der Waals surface area contributed by atoms with Gasteiger partial charge in [0, 0.05) is 48.0 Å². The van der Waals surface area contributed by atoms with E-state index in [-0.39, 0.29) is 11.5 Å². The van der Waals surface area contributed by atoms with Gasteiger partial charge >= 0.3 is 12.1 Å². The lowest BCUT2D eigenvalue weighted by Crippen LogP contribution is -2.45. The van der Waals surface area contributed by atoms with E-state index in [1.54, 1.807) is 17.1 Å². The van der Waals surface area contributed by atoms with Crippen LogP contribution in [-0.2, 0) is 11.3 Å². The molecule has 2 aliphatic rings. The molecule has 0 saturated carbocycles. The average Bonchev–Trinajstić information content (AvgIpc) is 3.61. The molecule has 0 unspecified atom stereocenters. The molecule has 11 nitrogen and oxygen atoms in total. The Morgan fingerprint density at radius 2 is 1.86 bits per heavy atom. The molecule has 1 fully saturated rings. The van der Waals surface area contributed by atoms with Crippen LogP contribution >= 0.6 is 23.4 Å². The van der Waals surface area contributed by atoms with Crippen LogP contribution in [0.2, 0.25) is 5.02 Å². The molecule has 16 heteroatoms. The highest BCUT2D eigenvalue weighted by molar-refractivity contribution is 7.99. The predicted octanol–water partition coefficient (Wildman–Crippen LogP) is 4.61. The van der Waals surface area contributed by atoms with Crippen molar-refractivity contribution in [2.24, 2.45) is 11.1 Å². The van der Waals surface area contributed by atoms with Crippen LogP contribution in [0.5, 0.6) is 0 Å². The van der Waals surface area contributed by atoms with E-state index < -0.39 is 12.1 Å². The van der Waals surface area contributed by atoms with Crippen LogP contribution in [0, 0.1) is 19.3 Å². The zero-order chi connectivity index (χ0) is 30.2. The number of carboxylic acids is 1. The van der Waals surface area contributed by atoms with E-state index in [0.29, 0.717) is 10.8 Å². The van der Waals surface area contributed by atoms with Crippen LogP contribution in [0.15, 0.2) is 52.9 Å². The minimum absolute atomic E-state index is 0.0430. The number of pyridine rings is 1. The highest BCUT2D eigenvalue weighted by Gasteiger charge is 2.47. The molecule has 1 spiro atoms. The lowest BCUT2D eigenvalue weighted by atomic mass is 9.73. The van der Waals surface area contributed by atoms with E-state index in [9.17, 15) is 13.2 Å². The fraction of sp³-hybridized carbons (Fsp3) is 0.385. The average molecular weight is 622 g/mol. The molecule has 0 amide bonds. The molecular formula is C26H27ClF3N9O2S. The van der Waals surface area contributed by atoms with Gasteiger partial charge in [-0.25, -0.2) is 24.4 Å². The molecule has 0 aliphatic carbocycles. The van der Waals surface area contributed by atoms with Gasteiger partial charge < -0.3 is 15.7 Å². The van der Waals surface area contributed by atoms with E-state index in [1.807, 2.05) is 44.4 Å². The monoisotopic (exact) mass is 621 g/mol. The van der Waals surface area contributed by atoms with E-state index in [0.717, 1.165) is 65.3 Å². The van der Waals surface area contributed by atoms with Crippen molar-refractivity contribution >= 4 is 35.1 Å². The molecular weight excluding hydrogens is 595 g/mol. The molecule has 6 rings (SSSR count). The van der Waals surface area contributed by atoms with Gasteiger partial charge in [-0.2, -0.15) is 23.4 Å². The van der Waals surface area contributed by atoms with Crippen molar-refractivity contribution in [2.45, 2.75) is 55.4 Å². The molecule has 4 aromatic heterocycles. The fourth-order valence-corrected chi connectivity index (χ4v) is 6.28. The summed E-state index contributed by atoms with van der Waals surface area (Å²) in [6.07, 6.45) is 4.17. The van der Waals surface area contributed by atoms with Crippen LogP contribution in [0.25, 0.3) is 5.82 Å². The van der Waals surface area contributed by atoms with Crippen molar-refractivity contribution in [2.75, 3.05) is 18.0 Å². The summed E-state index contributed by atoms with van der Waals surface area (Å²) in [4.78, 5) is 25.9. The minimum Gasteiger partial charge on any atom is -0.475 e. The van der Waals surface area contributed by atoms with Crippen LogP contribution in [0.4, 0.5) is 19.0 Å². The van der Waals surface area contributed by atoms with Crippen molar-refractivity contribution in [1.29, 1.82) is 0 Å². The number of rotatable bonds is 4. The molecule has 3 N–H and O–H groups in total. The summed E-state index contributed by atoms with van der Waals surface area (Å²) >= 11 is 8.18. The summed E-state index contributed by atoms with van der Waals surface area (Å²) in [5, 5.41) is 17.4. The first kappa shape index (κ1) is 29.8. The van der Waals surface area contributed by atoms with E-state index in [2.05, 4.69) is 29.7 Å². The number of anilines is 1. The second-order valence-electron chi connectivity index (χ2n) is 10.1. The third kappa shape index (κ3) is 5.94. The summed E-state index contributed by atoms with van der Waals surface area (Å²) < 4.78 is 35.6. The van der Waals surface area contributed by atoms with Crippen LogP contribution in [0.3, 0.4) is 0 Å². The van der Waals surface area contributed by atoms with Crippen LogP contribution in [-0.4, -0.2) is 64.9 Å². The van der Waals surface area contributed by atoms with E-state index >= 15 is 0 Å². The number of aliphatic carboxylic acids is 1. The zero-order valence-corrected chi connectivity index (χ0v) is 24.2. The third-order valence-corrected chi connectivity index (χ3v) is 8.86. The summed E-state index contributed by atoms with van der Waals surface area (Å²) in [5.41, 5.74) is 9.75. The molecule has 0 radical (unpaired) electrons. The Balaban J connectivity index is 0.000000451. The zero-order valence-electron chi connectivity index (χ0n) is 22.6. The first-order valence-electron chi connectivity index (χ1n) is 12.9. The molecule has 42 heavy (non-hydrogen) atoms. The topological polar surface area (TPSA) is 141 Å². The molecule has 6 heterocycles. The van der Waals surface area contributed by atoms with Crippen LogP contribution in [0.1, 0.15) is 36.0 Å². The van der Waals surface area contributed by atoms with Gasteiger partial charge in [0.25, 0.3) is 0 Å². The number of nitrogens with two attached hydrogens (primary N) is 1. The largest absolute Gasteiger partial charge is 0.490 e. The van der Waals surface area contributed by atoms with Crippen molar-refractivity contribution < 1.29 is 23.1 Å². The fourth-order valence-electron chi connectivity index (χ4n) is 5.22. The van der Waals surface area contributed by atoms with E-state index in [4.69, 9.17) is 32.2 Å². The number of hydrogen-bond acceptors (Lipinski definition) is 9. The molecule has 222 valence electrons. The quantitative estimate of drug-likeness (QED) is 0.332. The Kier molecular flexibility index (Phi) is 8.18. The number of aromatic nitrogens is 7. The van der Waals surface area contributed by atoms with Crippen molar-refractivity contribution in [3.8, 4) is 5.82 Å². The van der Waals surface area contributed by atoms with Gasteiger partial charge in [0.05, 0.1) is 34.8 Å². The summed E-state index contributed by atoms with van der Waals surface area (Å²) in [5.74, 6) is -1.26. The predicted molar refractivity (Wildman–Crippen MR) is 149 cm³/mol. The number of hydrogen-bond donors (Lipinski definition) is 2.